The molecule has 6 nitrogen and oxygen atoms in total. The minimum absolute atomic E-state index is 0.0548. The van der Waals surface area contributed by atoms with Crippen LogP contribution in [0.2, 0.25) is 0 Å². The fraction of sp³-hybridized carbons (Fsp3) is 0.211. The summed E-state index contributed by atoms with van der Waals surface area (Å²) in [7, 11) is 0. The highest BCUT2D eigenvalue weighted by Gasteiger charge is 2.35. The van der Waals surface area contributed by atoms with Crippen LogP contribution in [0.4, 0.5) is 4.79 Å². The van der Waals surface area contributed by atoms with Gasteiger partial charge in [-0.2, -0.15) is 5.26 Å². The zero-order chi connectivity index (χ0) is 18.3. The van der Waals surface area contributed by atoms with Crippen LogP contribution in [0.3, 0.4) is 0 Å². The van der Waals surface area contributed by atoms with Crippen molar-refractivity contribution in [1.29, 1.82) is 5.26 Å². The molecule has 1 atom stereocenters. The van der Waals surface area contributed by atoms with Crippen molar-refractivity contribution in [2.75, 3.05) is 0 Å². The summed E-state index contributed by atoms with van der Waals surface area (Å²) in [5.74, 6) is -1.17. The van der Waals surface area contributed by atoms with Gasteiger partial charge < -0.3 is 15.2 Å². The van der Waals surface area contributed by atoms with Gasteiger partial charge in [0.25, 0.3) is 0 Å². The van der Waals surface area contributed by atoms with Crippen LogP contribution in [-0.2, 0) is 22.6 Å². The number of ether oxygens (including phenoxy) is 1. The van der Waals surface area contributed by atoms with Gasteiger partial charge in [-0.15, -0.1) is 0 Å². The van der Waals surface area contributed by atoms with Crippen LogP contribution in [0.25, 0.3) is 0 Å². The first-order valence-corrected chi connectivity index (χ1v) is 7.64. The van der Waals surface area contributed by atoms with Gasteiger partial charge in [0.2, 0.25) is 0 Å². The highest BCUT2D eigenvalue weighted by atomic mass is 16.5. The zero-order valence-corrected chi connectivity index (χ0v) is 13.7. The number of aliphatic carboxylic acids is 1. The van der Waals surface area contributed by atoms with Crippen LogP contribution < -0.4 is 5.32 Å². The molecule has 2 rings (SSSR count). The average Bonchev–Trinajstić information content (AvgIpc) is 2.61. The molecule has 2 N–H and O–H groups in total. The van der Waals surface area contributed by atoms with Crippen molar-refractivity contribution in [3.63, 3.8) is 0 Å². The predicted octanol–water partition coefficient (Wildman–Crippen LogP) is 2.87. The lowest BCUT2D eigenvalue weighted by Gasteiger charge is -2.26. The SMILES string of the molecule is CC(Cc1ccc(C#N)cc1)(NC(=O)OCc1ccccc1)C(=O)O. The van der Waals surface area contributed by atoms with Crippen LogP contribution >= 0.6 is 0 Å². The second-order valence-electron chi connectivity index (χ2n) is 5.81. The molecule has 25 heavy (non-hydrogen) atoms. The minimum atomic E-state index is -1.53. The van der Waals surface area contributed by atoms with Crippen LogP contribution in [0, 0.1) is 11.3 Å². The quantitative estimate of drug-likeness (QED) is 0.843. The van der Waals surface area contributed by atoms with Crippen molar-refractivity contribution >= 4 is 12.1 Å². The molecule has 0 aliphatic rings. The van der Waals surface area contributed by atoms with E-state index in [9.17, 15) is 14.7 Å². The van der Waals surface area contributed by atoms with Gasteiger partial charge in [-0.25, -0.2) is 9.59 Å². The summed E-state index contributed by atoms with van der Waals surface area (Å²) in [4.78, 5) is 23.6. The number of carbonyl (C=O) groups excluding carboxylic acids is 1. The van der Waals surface area contributed by atoms with Crippen molar-refractivity contribution in [2.45, 2.75) is 25.5 Å². The molecule has 0 saturated carbocycles. The Balaban J connectivity index is 2.01. The van der Waals surface area contributed by atoms with Crippen LogP contribution in [0.5, 0.6) is 0 Å². The monoisotopic (exact) mass is 338 g/mol. The van der Waals surface area contributed by atoms with E-state index in [1.165, 1.54) is 6.92 Å². The normalized spacial score (nSPS) is 12.5. The molecule has 1 unspecified atom stereocenters. The van der Waals surface area contributed by atoms with Crippen LogP contribution in [0.1, 0.15) is 23.6 Å². The van der Waals surface area contributed by atoms with Crippen molar-refractivity contribution in [3.8, 4) is 6.07 Å². The maximum absolute atomic E-state index is 12.0. The molecule has 6 heteroatoms. The molecule has 0 aromatic heterocycles. The Bertz CT molecular complexity index is 781. The van der Waals surface area contributed by atoms with E-state index in [2.05, 4.69) is 5.32 Å². The fourth-order valence-corrected chi connectivity index (χ4v) is 2.26. The number of carboxylic acids is 1. The van der Waals surface area contributed by atoms with Gasteiger partial charge in [0.15, 0.2) is 0 Å². The predicted molar refractivity (Wildman–Crippen MR) is 90.7 cm³/mol. The van der Waals surface area contributed by atoms with Gasteiger partial charge in [-0.1, -0.05) is 42.5 Å². The Kier molecular flexibility index (Phi) is 5.75. The number of nitrogens with zero attached hydrogens (tertiary/aromatic N) is 1. The summed E-state index contributed by atoms with van der Waals surface area (Å²) in [6, 6.07) is 17.6. The third-order valence-corrected chi connectivity index (χ3v) is 3.70. The minimum Gasteiger partial charge on any atom is -0.480 e. The molecule has 0 aliphatic carbocycles. The lowest BCUT2D eigenvalue weighted by Crippen LogP contribution is -2.53. The smallest absolute Gasteiger partial charge is 0.408 e. The topological polar surface area (TPSA) is 99.4 Å². The Morgan fingerprint density at radius 2 is 1.76 bits per heavy atom. The first-order chi connectivity index (χ1) is 11.9. The van der Waals surface area contributed by atoms with E-state index in [0.717, 1.165) is 5.56 Å². The second-order valence-corrected chi connectivity index (χ2v) is 5.81. The van der Waals surface area contributed by atoms with Gasteiger partial charge in [-0.3, -0.25) is 0 Å². The van der Waals surface area contributed by atoms with E-state index in [4.69, 9.17) is 10.00 Å². The van der Waals surface area contributed by atoms with Gasteiger partial charge in [0.1, 0.15) is 12.1 Å². The van der Waals surface area contributed by atoms with E-state index >= 15 is 0 Å². The van der Waals surface area contributed by atoms with E-state index < -0.39 is 17.6 Å². The van der Waals surface area contributed by atoms with E-state index in [0.29, 0.717) is 11.1 Å². The third-order valence-electron chi connectivity index (χ3n) is 3.70. The van der Waals surface area contributed by atoms with Crippen molar-refractivity contribution < 1.29 is 19.4 Å². The Morgan fingerprint density at radius 1 is 1.12 bits per heavy atom. The number of carbonyl (C=O) groups is 2. The van der Waals surface area contributed by atoms with E-state index in [1.54, 1.807) is 36.4 Å². The maximum atomic E-state index is 12.0. The van der Waals surface area contributed by atoms with Gasteiger partial charge >= 0.3 is 12.1 Å². The highest BCUT2D eigenvalue weighted by Crippen LogP contribution is 2.15. The molecule has 1 amide bonds. The summed E-state index contributed by atoms with van der Waals surface area (Å²) in [6.07, 6.45) is -0.739. The Labute approximate surface area is 145 Å². The van der Waals surface area contributed by atoms with Gasteiger partial charge in [0.05, 0.1) is 11.6 Å². The number of benzene rings is 2. The number of carboxylic acid groups (broad SMARTS) is 1. The number of alkyl carbamates (subject to hydrolysis) is 1. The molecule has 0 heterocycles. The summed E-state index contributed by atoms with van der Waals surface area (Å²) in [5, 5.41) is 20.7. The molecule has 0 aliphatic heterocycles. The molecule has 2 aromatic rings. The molecule has 0 radical (unpaired) electrons. The molecule has 0 fully saturated rings. The molecule has 0 bridgehead atoms. The average molecular weight is 338 g/mol. The summed E-state index contributed by atoms with van der Waals surface area (Å²) < 4.78 is 5.09. The standard InChI is InChI=1S/C19H18N2O4/c1-19(17(22)23,11-14-7-9-15(12-20)10-8-14)21-18(24)25-13-16-5-3-2-4-6-16/h2-10H,11,13H2,1H3,(H,21,24)(H,22,23). The van der Waals surface area contributed by atoms with Crippen molar-refractivity contribution in [3.05, 3.63) is 71.3 Å². The molecule has 2 aromatic carbocycles. The Morgan fingerprint density at radius 3 is 2.32 bits per heavy atom. The first kappa shape index (κ1) is 18.0. The molecular weight excluding hydrogens is 320 g/mol. The number of amides is 1. The largest absolute Gasteiger partial charge is 0.480 e. The summed E-state index contributed by atoms with van der Waals surface area (Å²) in [5.41, 5.74) is 0.451. The number of nitrogens with one attached hydrogen (secondary N) is 1. The fourth-order valence-electron chi connectivity index (χ4n) is 2.26. The zero-order valence-electron chi connectivity index (χ0n) is 13.7. The molecule has 0 spiro atoms. The first-order valence-electron chi connectivity index (χ1n) is 7.64. The summed E-state index contributed by atoms with van der Waals surface area (Å²) >= 11 is 0. The highest BCUT2D eigenvalue weighted by molar-refractivity contribution is 5.84. The van der Waals surface area contributed by atoms with Gasteiger partial charge in [0, 0.05) is 6.42 Å². The van der Waals surface area contributed by atoms with E-state index in [1.807, 2.05) is 24.3 Å². The molecule has 0 saturated heterocycles. The summed E-state index contributed by atoms with van der Waals surface area (Å²) in [6.45, 7) is 1.47. The molecule has 128 valence electrons. The number of hydrogen-bond acceptors (Lipinski definition) is 4. The molecular formula is C19H18N2O4. The van der Waals surface area contributed by atoms with Crippen LogP contribution in [0.15, 0.2) is 54.6 Å². The Hall–Kier alpha value is -3.33. The maximum Gasteiger partial charge on any atom is 0.408 e. The van der Waals surface area contributed by atoms with E-state index in [-0.39, 0.29) is 13.0 Å². The number of nitriles is 1. The van der Waals surface area contributed by atoms with Crippen molar-refractivity contribution in [2.24, 2.45) is 0 Å². The van der Waals surface area contributed by atoms with Crippen LogP contribution in [-0.4, -0.2) is 22.7 Å². The lowest BCUT2D eigenvalue weighted by molar-refractivity contribution is -0.143. The van der Waals surface area contributed by atoms with Crippen molar-refractivity contribution in [1.82, 2.24) is 5.32 Å². The lowest BCUT2D eigenvalue weighted by atomic mass is 9.92. The third kappa shape index (κ3) is 5.08. The number of hydrogen-bond donors (Lipinski definition) is 2. The second kappa shape index (κ2) is 7.97. The number of rotatable bonds is 6. The van der Waals surface area contributed by atoms with Gasteiger partial charge in [-0.05, 0) is 30.2 Å².